The van der Waals surface area contributed by atoms with Gasteiger partial charge in [0.15, 0.2) is 0 Å². The first kappa shape index (κ1) is 10.5. The Hall–Kier alpha value is -2.04. The van der Waals surface area contributed by atoms with Crippen molar-refractivity contribution in [2.75, 3.05) is 5.32 Å². The fourth-order valence-corrected chi connectivity index (χ4v) is 1.24. The number of hydrogen-bond donors (Lipinski definition) is 1. The summed E-state index contributed by atoms with van der Waals surface area (Å²) in [5, 5.41) is 11.0. The van der Waals surface area contributed by atoms with E-state index in [1.165, 1.54) is 0 Å². The highest BCUT2D eigenvalue weighted by molar-refractivity contribution is 5.35. The fourth-order valence-electron chi connectivity index (χ4n) is 1.24. The molecule has 5 nitrogen and oxygen atoms in total. The molecule has 16 heavy (non-hydrogen) atoms. The number of hydrogen-bond acceptors (Lipinski definition) is 5. The average Bonchev–Trinajstić information content (AvgIpc) is 2.28. The van der Waals surface area contributed by atoms with E-state index in [4.69, 9.17) is 0 Å². The molecule has 0 atom stereocenters. The average molecular weight is 215 g/mol. The van der Waals surface area contributed by atoms with Gasteiger partial charge in [0, 0.05) is 6.20 Å². The molecule has 0 radical (unpaired) electrons. The summed E-state index contributed by atoms with van der Waals surface area (Å²) in [6.45, 7) is 4.49. The molecule has 0 aliphatic heterocycles. The number of nitrogens with one attached hydrogen (secondary N) is 1. The molecule has 0 saturated carbocycles. The third-order valence-corrected chi connectivity index (χ3v) is 2.08. The summed E-state index contributed by atoms with van der Waals surface area (Å²) in [6.07, 6.45) is 5.22. The van der Waals surface area contributed by atoms with Crippen molar-refractivity contribution in [1.82, 2.24) is 20.2 Å². The van der Waals surface area contributed by atoms with Crippen LogP contribution in [0.25, 0.3) is 0 Å². The molecule has 2 rings (SSSR count). The lowest BCUT2D eigenvalue weighted by Crippen LogP contribution is -2.04. The van der Waals surface area contributed by atoms with Gasteiger partial charge in [-0.15, -0.1) is 5.10 Å². The van der Waals surface area contributed by atoms with Crippen LogP contribution in [0.3, 0.4) is 0 Å². The van der Waals surface area contributed by atoms with E-state index in [1.54, 1.807) is 18.6 Å². The van der Waals surface area contributed by atoms with E-state index in [9.17, 15) is 0 Å². The van der Waals surface area contributed by atoms with Gasteiger partial charge in [-0.25, -0.2) is 0 Å². The molecule has 0 aromatic carbocycles. The lowest BCUT2D eigenvalue weighted by atomic mass is 10.3. The quantitative estimate of drug-likeness (QED) is 0.840. The number of anilines is 1. The minimum absolute atomic E-state index is 0.603. The Labute approximate surface area is 94.0 Å². The monoisotopic (exact) mass is 215 g/mol. The molecule has 0 saturated heterocycles. The van der Waals surface area contributed by atoms with Crippen molar-refractivity contribution in [3.8, 4) is 0 Å². The fraction of sp³-hybridized carbons (Fsp3) is 0.273. The topological polar surface area (TPSA) is 63.6 Å². The van der Waals surface area contributed by atoms with Gasteiger partial charge in [0.05, 0.1) is 30.3 Å². The first-order valence-corrected chi connectivity index (χ1v) is 5.05. The number of aryl methyl sites for hydroxylation is 2. The molecule has 2 aromatic rings. The van der Waals surface area contributed by atoms with Crippen LogP contribution in [-0.2, 0) is 6.54 Å². The minimum atomic E-state index is 0.603. The van der Waals surface area contributed by atoms with Crippen LogP contribution >= 0.6 is 0 Å². The molecule has 82 valence electrons. The molecule has 2 heterocycles. The zero-order valence-electron chi connectivity index (χ0n) is 9.31. The van der Waals surface area contributed by atoms with Crippen LogP contribution in [0.2, 0.25) is 0 Å². The van der Waals surface area contributed by atoms with Gasteiger partial charge in [0.2, 0.25) is 0 Å². The minimum Gasteiger partial charge on any atom is -0.363 e. The Balaban J connectivity index is 1.99. The normalized spacial score (nSPS) is 10.1. The van der Waals surface area contributed by atoms with Crippen molar-refractivity contribution in [2.45, 2.75) is 20.4 Å². The molecule has 5 heteroatoms. The Morgan fingerprint density at radius 3 is 2.69 bits per heavy atom. The Kier molecular flexibility index (Phi) is 3.05. The van der Waals surface area contributed by atoms with Crippen molar-refractivity contribution >= 4 is 5.82 Å². The number of rotatable bonds is 3. The number of aromatic nitrogens is 4. The molecule has 0 aliphatic rings. The van der Waals surface area contributed by atoms with Crippen LogP contribution in [-0.4, -0.2) is 20.2 Å². The van der Waals surface area contributed by atoms with E-state index in [-0.39, 0.29) is 0 Å². The van der Waals surface area contributed by atoms with E-state index < -0.39 is 0 Å². The van der Waals surface area contributed by atoms with Crippen LogP contribution in [0.4, 0.5) is 5.82 Å². The van der Waals surface area contributed by atoms with Gasteiger partial charge in [-0.1, -0.05) is 0 Å². The zero-order chi connectivity index (χ0) is 11.4. The molecule has 0 aliphatic carbocycles. The maximum Gasteiger partial charge on any atom is 0.149 e. The maximum atomic E-state index is 4.24. The lowest BCUT2D eigenvalue weighted by Gasteiger charge is -2.04. The van der Waals surface area contributed by atoms with Gasteiger partial charge in [0.1, 0.15) is 5.82 Å². The summed E-state index contributed by atoms with van der Waals surface area (Å²) in [4.78, 5) is 8.41. The van der Waals surface area contributed by atoms with Gasteiger partial charge < -0.3 is 5.32 Å². The molecule has 0 bridgehead atoms. The molecule has 1 N–H and O–H groups in total. The van der Waals surface area contributed by atoms with Gasteiger partial charge in [-0.05, 0) is 25.5 Å². The smallest absolute Gasteiger partial charge is 0.149 e. The molecular weight excluding hydrogens is 202 g/mol. The first-order chi connectivity index (χ1) is 7.74. The number of nitrogens with zero attached hydrogens (tertiary/aromatic N) is 4. The predicted octanol–water partition coefficient (Wildman–Crippen LogP) is 1.50. The van der Waals surface area contributed by atoms with Crippen molar-refractivity contribution < 1.29 is 0 Å². The highest BCUT2D eigenvalue weighted by Crippen LogP contribution is 2.05. The predicted molar refractivity (Wildman–Crippen MR) is 60.9 cm³/mol. The summed E-state index contributed by atoms with van der Waals surface area (Å²) in [7, 11) is 0. The zero-order valence-corrected chi connectivity index (χ0v) is 9.31. The molecular formula is C11H13N5. The molecule has 2 aromatic heterocycles. The van der Waals surface area contributed by atoms with Crippen molar-refractivity contribution in [3.63, 3.8) is 0 Å². The first-order valence-electron chi connectivity index (χ1n) is 5.05. The van der Waals surface area contributed by atoms with E-state index in [1.807, 2.05) is 19.9 Å². The summed E-state index contributed by atoms with van der Waals surface area (Å²) in [5.74, 6) is 0.752. The second kappa shape index (κ2) is 4.65. The largest absolute Gasteiger partial charge is 0.363 e. The van der Waals surface area contributed by atoms with Crippen LogP contribution in [0.15, 0.2) is 24.7 Å². The third kappa shape index (κ3) is 2.73. The summed E-state index contributed by atoms with van der Waals surface area (Å²) in [6, 6.07) is 1.94. The second-order valence-corrected chi connectivity index (χ2v) is 3.62. The van der Waals surface area contributed by atoms with E-state index in [0.717, 1.165) is 22.8 Å². The molecule has 0 unspecified atom stereocenters. The Morgan fingerprint density at radius 1 is 1.12 bits per heavy atom. The van der Waals surface area contributed by atoms with Gasteiger partial charge in [0.25, 0.3) is 0 Å². The molecule has 0 amide bonds. The maximum absolute atomic E-state index is 4.24. The lowest BCUT2D eigenvalue weighted by molar-refractivity contribution is 0.948. The summed E-state index contributed by atoms with van der Waals surface area (Å²) >= 11 is 0. The van der Waals surface area contributed by atoms with Crippen LogP contribution in [0, 0.1) is 13.8 Å². The van der Waals surface area contributed by atoms with Crippen molar-refractivity contribution in [3.05, 3.63) is 41.6 Å². The third-order valence-electron chi connectivity index (χ3n) is 2.08. The standard InChI is InChI=1S/C11H13N5/c1-8-3-11(16-15-4-8)14-7-10-6-12-9(2)5-13-10/h3-6H,7H2,1-2H3,(H,14,16). The Bertz CT molecular complexity index is 466. The highest BCUT2D eigenvalue weighted by atomic mass is 15.2. The SMILES string of the molecule is Cc1cnnc(NCc2cnc(C)cn2)c1. The molecule has 0 fully saturated rings. The van der Waals surface area contributed by atoms with Gasteiger partial charge >= 0.3 is 0 Å². The van der Waals surface area contributed by atoms with E-state index >= 15 is 0 Å². The van der Waals surface area contributed by atoms with Crippen LogP contribution in [0.1, 0.15) is 17.0 Å². The highest BCUT2D eigenvalue weighted by Gasteiger charge is 1.97. The van der Waals surface area contributed by atoms with Crippen molar-refractivity contribution in [1.29, 1.82) is 0 Å². The van der Waals surface area contributed by atoms with Crippen LogP contribution < -0.4 is 5.32 Å². The summed E-state index contributed by atoms with van der Waals surface area (Å²) in [5.41, 5.74) is 2.88. The van der Waals surface area contributed by atoms with Crippen molar-refractivity contribution in [2.24, 2.45) is 0 Å². The van der Waals surface area contributed by atoms with Gasteiger partial charge in [-0.2, -0.15) is 5.10 Å². The Morgan fingerprint density at radius 2 is 2.00 bits per heavy atom. The second-order valence-electron chi connectivity index (χ2n) is 3.62. The van der Waals surface area contributed by atoms with Crippen LogP contribution in [0.5, 0.6) is 0 Å². The van der Waals surface area contributed by atoms with Gasteiger partial charge in [-0.3, -0.25) is 9.97 Å². The van der Waals surface area contributed by atoms with E-state index in [0.29, 0.717) is 6.54 Å². The van der Waals surface area contributed by atoms with E-state index in [2.05, 4.69) is 25.5 Å². The summed E-state index contributed by atoms with van der Waals surface area (Å²) < 4.78 is 0. The molecule has 0 spiro atoms.